The van der Waals surface area contributed by atoms with Crippen LogP contribution in [0.2, 0.25) is 0 Å². The Balaban J connectivity index is 1.57. The summed E-state index contributed by atoms with van der Waals surface area (Å²) in [6.45, 7) is 4.93. The third-order valence-corrected chi connectivity index (χ3v) is 11.8. The molecule has 0 spiro atoms. The van der Waals surface area contributed by atoms with Gasteiger partial charge < -0.3 is 48.6 Å². The Morgan fingerprint density at radius 1 is 1.02 bits per heavy atom. The maximum atomic E-state index is 14.0. The Labute approximate surface area is 346 Å². The lowest BCUT2D eigenvalue weighted by atomic mass is 9.55. The van der Waals surface area contributed by atoms with E-state index in [-0.39, 0.29) is 70.4 Å². The lowest BCUT2D eigenvalue weighted by Gasteiger charge is -2.59. The lowest BCUT2D eigenvalue weighted by molar-refractivity contribution is -0.256. The normalized spacial score (nSPS) is 26.4. The summed E-state index contributed by atoms with van der Waals surface area (Å²) in [7, 11) is 1.33. The van der Waals surface area contributed by atoms with Crippen molar-refractivity contribution in [2.45, 2.75) is 88.2 Å². The largest absolute Gasteiger partial charge is 0.459 e. The molecule has 1 saturated carbocycles. The number of carbonyl (C=O) groups excluding carboxylic acids is 2. The van der Waals surface area contributed by atoms with Crippen LogP contribution >= 0.6 is 0 Å². The minimum atomic E-state index is -1.49. The van der Waals surface area contributed by atoms with E-state index in [0.717, 1.165) is 55.9 Å². The summed E-state index contributed by atoms with van der Waals surface area (Å²) in [4.78, 5) is 33.3. The van der Waals surface area contributed by atoms with Crippen LogP contribution in [0.25, 0.3) is 0 Å². The van der Waals surface area contributed by atoms with E-state index < -0.39 is 30.1 Å². The van der Waals surface area contributed by atoms with Gasteiger partial charge in [-0.05, 0) is 86.3 Å². The van der Waals surface area contributed by atoms with Gasteiger partial charge in [-0.2, -0.15) is 0 Å². The number of oxime groups is 1. The number of methoxy groups -OCH3 is 1. The van der Waals surface area contributed by atoms with Crippen molar-refractivity contribution in [1.82, 2.24) is 4.90 Å². The molecule has 2 aromatic rings. The average molecular weight is 821 g/mol. The van der Waals surface area contributed by atoms with Crippen LogP contribution in [0.15, 0.2) is 71.9 Å². The fourth-order valence-electron chi connectivity index (χ4n) is 9.24. The number of amides is 1. The van der Waals surface area contributed by atoms with Crippen LogP contribution in [-0.4, -0.2) is 116 Å². The third kappa shape index (κ3) is 10.4. The molecule has 14 nitrogen and oxygen atoms in total. The van der Waals surface area contributed by atoms with E-state index in [1.165, 1.54) is 7.11 Å². The molecule has 6 rings (SSSR count). The number of benzene rings is 2. The topological polar surface area (TPSA) is 175 Å². The fourth-order valence-corrected chi connectivity index (χ4v) is 9.24. The van der Waals surface area contributed by atoms with Crippen LogP contribution in [-0.2, 0) is 23.8 Å². The number of hydrogen-bond acceptors (Lipinski definition) is 13. The molecule has 2 aliphatic heterocycles. The summed E-state index contributed by atoms with van der Waals surface area (Å²) in [6.07, 6.45) is 10.7. The summed E-state index contributed by atoms with van der Waals surface area (Å²) in [5.41, 5.74) is 2.89. The predicted octanol–water partition coefficient (Wildman–Crippen LogP) is 6.53. The minimum Gasteiger partial charge on any atom is -0.459 e. The Morgan fingerprint density at radius 2 is 1.83 bits per heavy atom. The molecule has 1 unspecified atom stereocenters. The molecule has 0 aromatic heterocycles. The number of hydrogen-bond donors (Lipinski definition) is 3. The van der Waals surface area contributed by atoms with E-state index in [0.29, 0.717) is 54.4 Å². The first-order valence-corrected chi connectivity index (χ1v) is 21.0. The van der Waals surface area contributed by atoms with Crippen LogP contribution in [0.1, 0.15) is 86.0 Å². The first kappa shape index (κ1) is 44.2. The highest BCUT2D eigenvalue weighted by Gasteiger charge is 2.65. The molecular formula is C45H60N2O12. The number of ether oxygens (including phenoxy) is 6. The second-order valence-electron chi connectivity index (χ2n) is 15.5. The van der Waals surface area contributed by atoms with Gasteiger partial charge in [-0.25, -0.2) is 4.79 Å². The van der Waals surface area contributed by atoms with Crippen molar-refractivity contribution < 1.29 is 58.2 Å². The van der Waals surface area contributed by atoms with Gasteiger partial charge in [0.15, 0.2) is 0 Å². The minimum absolute atomic E-state index is 0.000879. The Morgan fingerprint density at radius 3 is 2.56 bits per heavy atom. The van der Waals surface area contributed by atoms with Gasteiger partial charge in [-0.15, -0.1) is 6.58 Å². The maximum Gasteiger partial charge on any atom is 0.410 e. The zero-order chi connectivity index (χ0) is 41.6. The van der Waals surface area contributed by atoms with E-state index in [4.69, 9.17) is 38.4 Å². The van der Waals surface area contributed by atoms with E-state index >= 15 is 0 Å². The lowest BCUT2D eigenvalue weighted by Crippen LogP contribution is -2.70. The summed E-state index contributed by atoms with van der Waals surface area (Å²) < 4.78 is 37.6. The van der Waals surface area contributed by atoms with Gasteiger partial charge in [0.2, 0.25) is 12.1 Å². The second-order valence-corrected chi connectivity index (χ2v) is 15.5. The van der Waals surface area contributed by atoms with Gasteiger partial charge in [0, 0.05) is 49.6 Å². The molecule has 0 radical (unpaired) electrons. The number of fused-ring (bicyclic) bond motifs is 2. The monoisotopic (exact) mass is 820 g/mol. The molecule has 3 N–H and O–H groups in total. The van der Waals surface area contributed by atoms with Crippen molar-refractivity contribution in [1.29, 1.82) is 0 Å². The van der Waals surface area contributed by atoms with Gasteiger partial charge in [0.05, 0.1) is 51.8 Å². The van der Waals surface area contributed by atoms with Gasteiger partial charge in [-0.1, -0.05) is 42.3 Å². The quantitative estimate of drug-likeness (QED) is 0.0508. The Hall–Kier alpha value is -4.31. The highest BCUT2D eigenvalue weighted by Crippen LogP contribution is 2.62. The molecule has 1 saturated heterocycles. The number of aldehydes is 1. The first-order valence-electron chi connectivity index (χ1n) is 21.0. The van der Waals surface area contributed by atoms with Crippen molar-refractivity contribution in [3.8, 4) is 17.2 Å². The number of rotatable bonds is 22. The summed E-state index contributed by atoms with van der Waals surface area (Å²) in [6, 6.07) is 11.8. The third-order valence-electron chi connectivity index (χ3n) is 11.8. The van der Waals surface area contributed by atoms with Crippen LogP contribution in [0, 0.1) is 17.8 Å². The van der Waals surface area contributed by atoms with Crippen molar-refractivity contribution >= 4 is 18.1 Å². The molecule has 4 aliphatic rings. The fraction of sp³-hybridized carbons (Fsp3) is 0.578. The molecule has 2 aliphatic carbocycles. The van der Waals surface area contributed by atoms with Gasteiger partial charge in [0.1, 0.15) is 29.6 Å². The van der Waals surface area contributed by atoms with E-state index in [1.54, 1.807) is 35.2 Å². The Bertz CT molecular complexity index is 1760. The smallest absolute Gasteiger partial charge is 0.410 e. The maximum absolute atomic E-state index is 14.0. The molecule has 1 amide bonds. The highest BCUT2D eigenvalue weighted by atomic mass is 16.8. The first-order chi connectivity index (χ1) is 28.9. The number of aliphatic hydroxyl groups excluding tert-OH is 3. The summed E-state index contributed by atoms with van der Waals surface area (Å²) >= 11 is 0. The van der Waals surface area contributed by atoms with Crippen LogP contribution < -0.4 is 9.47 Å². The molecule has 7 atom stereocenters. The molecule has 2 fully saturated rings. The zero-order valence-corrected chi connectivity index (χ0v) is 34.1. The Kier molecular flexibility index (Phi) is 16.3. The number of allylic oxidation sites excluding steroid dienone is 1. The molecule has 322 valence electrons. The molecule has 14 heteroatoms. The predicted molar refractivity (Wildman–Crippen MR) is 219 cm³/mol. The van der Waals surface area contributed by atoms with Gasteiger partial charge in [-0.3, -0.25) is 9.69 Å². The average Bonchev–Trinajstić information content (AvgIpc) is 3.26. The summed E-state index contributed by atoms with van der Waals surface area (Å²) in [5, 5.41) is 34.1. The van der Waals surface area contributed by atoms with Crippen LogP contribution in [0.3, 0.4) is 0 Å². The number of aliphatic hydroxyl groups is 3. The van der Waals surface area contributed by atoms with Crippen molar-refractivity contribution in [2.75, 3.05) is 59.9 Å². The van der Waals surface area contributed by atoms with E-state index in [9.17, 15) is 24.9 Å². The highest BCUT2D eigenvalue weighted by molar-refractivity contribution is 6.03. The molecule has 0 bridgehead atoms. The van der Waals surface area contributed by atoms with Gasteiger partial charge in [0.25, 0.3) is 0 Å². The SMILES string of the molecule is C=CCO[C@@]12Oc3ccc(Oc4cccc(C=O)c4)cc3[C@H]3[C@H](CCCCO)[C@@H](CCCCO)C=C(C(=NOC4CCCCO4)C[C@@H]1N(CCOCCO)C(=O)OC)[C@H]32. The summed E-state index contributed by atoms with van der Waals surface area (Å²) in [5.74, 6) is -0.671. The molecule has 59 heavy (non-hydrogen) atoms. The molecule has 2 heterocycles. The van der Waals surface area contributed by atoms with Crippen molar-refractivity contribution in [3.05, 3.63) is 77.9 Å². The van der Waals surface area contributed by atoms with Gasteiger partial charge >= 0.3 is 6.09 Å². The van der Waals surface area contributed by atoms with Crippen LogP contribution in [0.4, 0.5) is 4.79 Å². The number of carbonyl (C=O) groups is 2. The molecular weight excluding hydrogens is 760 g/mol. The van der Waals surface area contributed by atoms with Crippen LogP contribution in [0.5, 0.6) is 17.2 Å². The molecule has 2 aromatic carbocycles. The van der Waals surface area contributed by atoms with E-state index in [2.05, 4.69) is 12.7 Å². The van der Waals surface area contributed by atoms with Crippen molar-refractivity contribution in [3.63, 3.8) is 0 Å². The zero-order valence-electron chi connectivity index (χ0n) is 34.1. The number of nitrogens with zero attached hydrogens (tertiary/aromatic N) is 2. The number of unbranched alkanes of at least 4 members (excludes halogenated alkanes) is 2. The van der Waals surface area contributed by atoms with E-state index in [1.807, 2.05) is 18.2 Å². The van der Waals surface area contributed by atoms with Crippen molar-refractivity contribution in [2.24, 2.45) is 22.9 Å². The second kappa shape index (κ2) is 21.8. The standard InChI is InChI=1S/C45H60N2O12/c1-3-22-56-45-40(47(44(52)53-2)18-24-54-25-21-50)29-38(46-59-41-15-6-9-23-55-41)36-27-32(12-4-7-19-48)35(14-5-8-20-49)42(43(36)45)37-28-34(16-17-39(37)58-45)57-33-13-10-11-31(26-33)30-51/h3,10-11,13,16-17,26-28,30,32,35,40-43,48-50H,1,4-9,12,14-15,18-25,29H2,2H3/t32-,35+,40-,41?,42+,43+,45+/m0/s1.